The first-order chi connectivity index (χ1) is 13.9. The Morgan fingerprint density at radius 2 is 2.21 bits per heavy atom. The first-order valence-corrected chi connectivity index (χ1v) is 10.7. The normalized spacial score (nSPS) is 16.9. The van der Waals surface area contributed by atoms with Gasteiger partial charge >= 0.3 is 0 Å². The molecule has 2 amide bonds. The number of carbonyl (C=O) groups excluding carboxylic acids is 2. The Kier molecular flexibility index (Phi) is 6.92. The van der Waals surface area contributed by atoms with Crippen LogP contribution in [0.3, 0.4) is 0 Å². The number of aromatic nitrogens is 1. The van der Waals surface area contributed by atoms with Gasteiger partial charge in [-0.3, -0.25) is 9.59 Å². The second-order valence-electron chi connectivity index (χ2n) is 7.66. The van der Waals surface area contributed by atoms with Crippen LogP contribution in [0.25, 0.3) is 10.2 Å². The number of hydrogen-bond acceptors (Lipinski definition) is 7. The van der Waals surface area contributed by atoms with Crippen LogP contribution in [0.4, 0.5) is 11.4 Å². The van der Waals surface area contributed by atoms with Gasteiger partial charge in [-0.2, -0.15) is 0 Å². The highest BCUT2D eigenvalue weighted by molar-refractivity contribution is 7.21. The van der Waals surface area contributed by atoms with Crippen LogP contribution in [0.15, 0.2) is 12.3 Å². The molecular weight excluding hydrogens is 390 g/mol. The van der Waals surface area contributed by atoms with Gasteiger partial charge in [0.05, 0.1) is 16.8 Å². The van der Waals surface area contributed by atoms with Crippen LogP contribution in [-0.2, 0) is 9.53 Å². The first-order valence-electron chi connectivity index (χ1n) is 9.88. The van der Waals surface area contributed by atoms with E-state index < -0.39 is 5.91 Å². The van der Waals surface area contributed by atoms with Gasteiger partial charge in [-0.05, 0) is 37.7 Å². The van der Waals surface area contributed by atoms with E-state index >= 15 is 0 Å². The van der Waals surface area contributed by atoms with Crippen LogP contribution >= 0.6 is 11.3 Å². The van der Waals surface area contributed by atoms with Crippen molar-refractivity contribution in [1.82, 2.24) is 9.88 Å². The molecule has 9 heteroatoms. The van der Waals surface area contributed by atoms with Crippen molar-refractivity contribution in [3.8, 4) is 0 Å². The maximum Gasteiger partial charge on any atom is 0.260 e. The van der Waals surface area contributed by atoms with Gasteiger partial charge < -0.3 is 26.0 Å². The molecule has 2 aromatic heterocycles. The third-order valence-electron chi connectivity index (χ3n) is 5.32. The molecule has 0 radical (unpaired) electrons. The van der Waals surface area contributed by atoms with E-state index in [0.29, 0.717) is 23.1 Å². The molecule has 3 rings (SSSR count). The molecule has 29 heavy (non-hydrogen) atoms. The number of nitrogen functional groups attached to an aromatic ring is 1. The van der Waals surface area contributed by atoms with Gasteiger partial charge in [-0.1, -0.05) is 0 Å². The third kappa shape index (κ3) is 4.97. The van der Waals surface area contributed by atoms with Crippen molar-refractivity contribution in [3.63, 3.8) is 0 Å². The number of ether oxygens (including phenoxy) is 1. The molecule has 8 nitrogen and oxygen atoms in total. The fourth-order valence-electron chi connectivity index (χ4n) is 3.76. The van der Waals surface area contributed by atoms with E-state index in [9.17, 15) is 9.59 Å². The Labute approximate surface area is 174 Å². The number of primary amides is 1. The minimum absolute atomic E-state index is 0.0146. The molecule has 0 saturated carbocycles. The lowest BCUT2D eigenvalue weighted by Gasteiger charge is -2.35. The number of carbonyl (C=O) groups is 2. The number of piperidine rings is 1. The van der Waals surface area contributed by atoms with Gasteiger partial charge in [0, 0.05) is 40.0 Å². The van der Waals surface area contributed by atoms with E-state index in [1.165, 1.54) is 22.7 Å². The Bertz CT molecular complexity index is 882. The smallest absolute Gasteiger partial charge is 0.260 e. The third-order valence-corrected chi connectivity index (χ3v) is 6.44. The fraction of sp³-hybridized carbons (Fsp3) is 0.550. The summed E-state index contributed by atoms with van der Waals surface area (Å²) >= 11 is 1.25. The van der Waals surface area contributed by atoms with E-state index in [0.717, 1.165) is 48.3 Å². The Balaban J connectivity index is 1.61. The number of fused-ring (bicyclic) bond motifs is 1. The predicted octanol–water partition coefficient (Wildman–Crippen LogP) is 2.08. The van der Waals surface area contributed by atoms with Gasteiger partial charge in [-0.25, -0.2) is 4.98 Å². The van der Waals surface area contributed by atoms with Crippen molar-refractivity contribution < 1.29 is 14.3 Å². The van der Waals surface area contributed by atoms with Crippen LogP contribution in [0.5, 0.6) is 0 Å². The summed E-state index contributed by atoms with van der Waals surface area (Å²) in [7, 11) is 3.45. The number of likely N-dealkylation sites (N-methyl/N-ethyl adjacent to an activating group) is 1. The number of amides is 2. The number of nitrogens with two attached hydrogens (primary N) is 2. The highest BCUT2D eigenvalue weighted by Gasteiger charge is 2.24. The molecule has 1 aliphatic rings. The van der Waals surface area contributed by atoms with Crippen LogP contribution in [0.1, 0.15) is 35.4 Å². The molecule has 0 bridgehead atoms. The summed E-state index contributed by atoms with van der Waals surface area (Å²) in [5.41, 5.74) is 13.1. The van der Waals surface area contributed by atoms with Crippen LogP contribution in [-0.4, -0.2) is 62.1 Å². The molecule has 1 atom stereocenters. The van der Waals surface area contributed by atoms with Gasteiger partial charge in [0.2, 0.25) is 5.91 Å². The zero-order valence-corrected chi connectivity index (χ0v) is 17.8. The van der Waals surface area contributed by atoms with E-state index in [-0.39, 0.29) is 12.5 Å². The topological polar surface area (TPSA) is 115 Å². The Hall–Kier alpha value is -2.39. The van der Waals surface area contributed by atoms with E-state index in [2.05, 4.69) is 9.88 Å². The van der Waals surface area contributed by atoms with Crippen molar-refractivity contribution in [3.05, 3.63) is 17.1 Å². The summed E-state index contributed by atoms with van der Waals surface area (Å²) in [6.45, 7) is 2.61. The molecule has 2 aromatic rings. The van der Waals surface area contributed by atoms with Gasteiger partial charge in [0.15, 0.2) is 0 Å². The SMILES string of the molecule is CN(C)C(=O)COCCCC1CCCN(c2ccnc3sc(C(N)=O)c(N)c23)C1. The lowest BCUT2D eigenvalue weighted by atomic mass is 9.93. The van der Waals surface area contributed by atoms with E-state index in [1.807, 2.05) is 6.07 Å². The standard InChI is InChI=1S/C20H29N5O3S/c1-24(2)15(26)12-28-10-4-6-13-5-3-9-25(11-13)14-7-8-23-20-16(14)17(21)18(29-20)19(22)27/h7-8,13H,3-6,9-12,21H2,1-2H3,(H2,22,27). The average molecular weight is 420 g/mol. The highest BCUT2D eigenvalue weighted by Crippen LogP contribution is 2.39. The molecule has 1 fully saturated rings. The molecule has 158 valence electrons. The second kappa shape index (κ2) is 9.41. The van der Waals surface area contributed by atoms with Gasteiger partial charge in [0.1, 0.15) is 16.3 Å². The molecule has 0 aliphatic carbocycles. The number of rotatable bonds is 8. The molecule has 4 N–H and O–H groups in total. The lowest BCUT2D eigenvalue weighted by molar-refractivity contribution is -0.133. The molecular formula is C20H29N5O3S. The summed E-state index contributed by atoms with van der Waals surface area (Å²) in [5.74, 6) is 0.0236. The molecule has 3 heterocycles. The van der Waals surface area contributed by atoms with Crippen LogP contribution in [0.2, 0.25) is 0 Å². The fourth-order valence-corrected chi connectivity index (χ4v) is 4.69. The average Bonchev–Trinajstić information content (AvgIpc) is 3.05. The monoisotopic (exact) mass is 419 g/mol. The summed E-state index contributed by atoms with van der Waals surface area (Å²) in [5, 5.41) is 0.831. The lowest BCUT2D eigenvalue weighted by Crippen LogP contribution is -2.35. The zero-order valence-electron chi connectivity index (χ0n) is 17.0. The quantitative estimate of drug-likeness (QED) is 0.633. The molecule has 0 aromatic carbocycles. The highest BCUT2D eigenvalue weighted by atomic mass is 32.1. The van der Waals surface area contributed by atoms with Crippen molar-refractivity contribution in [2.75, 3.05) is 51.0 Å². The number of pyridine rings is 1. The summed E-state index contributed by atoms with van der Waals surface area (Å²) in [4.78, 5) is 32.6. The number of nitrogens with zero attached hydrogens (tertiary/aromatic N) is 3. The molecule has 1 saturated heterocycles. The molecule has 1 unspecified atom stereocenters. The van der Waals surface area contributed by atoms with Gasteiger partial charge in [0.25, 0.3) is 5.91 Å². The van der Waals surface area contributed by atoms with E-state index in [1.54, 1.807) is 20.3 Å². The van der Waals surface area contributed by atoms with Crippen molar-refractivity contribution in [2.24, 2.45) is 11.7 Å². The second-order valence-corrected chi connectivity index (χ2v) is 8.66. The maximum absolute atomic E-state index is 11.7. The van der Waals surface area contributed by atoms with Crippen molar-refractivity contribution in [2.45, 2.75) is 25.7 Å². The van der Waals surface area contributed by atoms with E-state index in [4.69, 9.17) is 16.2 Å². The van der Waals surface area contributed by atoms with Crippen LogP contribution in [0, 0.1) is 5.92 Å². The summed E-state index contributed by atoms with van der Waals surface area (Å²) in [6.07, 6.45) is 6.01. The molecule has 1 aliphatic heterocycles. The van der Waals surface area contributed by atoms with Crippen molar-refractivity contribution >= 4 is 44.7 Å². The van der Waals surface area contributed by atoms with Crippen molar-refractivity contribution in [1.29, 1.82) is 0 Å². The zero-order chi connectivity index (χ0) is 21.0. The maximum atomic E-state index is 11.7. The first kappa shape index (κ1) is 21.3. The van der Waals surface area contributed by atoms with Gasteiger partial charge in [-0.15, -0.1) is 11.3 Å². The summed E-state index contributed by atoms with van der Waals surface area (Å²) in [6, 6.07) is 1.97. The Morgan fingerprint density at radius 1 is 1.41 bits per heavy atom. The minimum Gasteiger partial charge on any atom is -0.397 e. The number of hydrogen-bond donors (Lipinski definition) is 2. The predicted molar refractivity (Wildman–Crippen MR) is 116 cm³/mol. The number of anilines is 2. The molecule has 0 spiro atoms. The summed E-state index contributed by atoms with van der Waals surface area (Å²) < 4.78 is 5.49. The minimum atomic E-state index is -0.513. The Morgan fingerprint density at radius 3 is 2.93 bits per heavy atom. The number of thiophene rings is 1. The van der Waals surface area contributed by atoms with Crippen LogP contribution < -0.4 is 16.4 Å². The largest absolute Gasteiger partial charge is 0.397 e.